The number of hydrogen-bond acceptors (Lipinski definition) is 3. The molecule has 3 rings (SSSR count). The minimum absolute atomic E-state index is 0.0573. The van der Waals surface area contributed by atoms with Crippen LogP contribution in [0.5, 0.6) is 0 Å². The minimum atomic E-state index is 0.0573. The Hall–Kier alpha value is -2.20. The molecule has 4 heteroatoms. The van der Waals surface area contributed by atoms with Gasteiger partial charge in [-0.25, -0.2) is 0 Å². The zero-order valence-electron chi connectivity index (χ0n) is 14.1. The first-order valence-corrected chi connectivity index (χ1v) is 8.80. The molecule has 0 spiro atoms. The van der Waals surface area contributed by atoms with Gasteiger partial charge in [-0.1, -0.05) is 18.6 Å². The number of amides is 1. The Morgan fingerprint density at radius 3 is 2.62 bits per heavy atom. The Kier molecular flexibility index (Phi) is 5.96. The maximum absolute atomic E-state index is 12.1. The van der Waals surface area contributed by atoms with Gasteiger partial charge in [-0.15, -0.1) is 0 Å². The standard InChI is InChI=1S/C20H25N3O/c24-20(8-7-17-9-11-21-12-10-17)22-19-6-4-5-18(15-19)16-23-13-2-1-3-14-23/h4-6,9-12,15H,1-3,7-8,13-14,16H2,(H,22,24). The molecule has 4 nitrogen and oxygen atoms in total. The number of hydrogen-bond donors (Lipinski definition) is 1. The lowest BCUT2D eigenvalue weighted by molar-refractivity contribution is -0.116. The van der Waals surface area contributed by atoms with Crippen LogP contribution < -0.4 is 5.32 Å². The van der Waals surface area contributed by atoms with Crippen molar-refractivity contribution in [3.8, 4) is 0 Å². The molecule has 2 heterocycles. The van der Waals surface area contributed by atoms with E-state index in [-0.39, 0.29) is 5.91 Å². The summed E-state index contributed by atoms with van der Waals surface area (Å²) in [4.78, 5) is 18.6. The lowest BCUT2D eigenvalue weighted by Crippen LogP contribution is -2.29. The fraction of sp³-hybridized carbons (Fsp3) is 0.400. The Bertz CT molecular complexity index is 651. The highest BCUT2D eigenvalue weighted by molar-refractivity contribution is 5.90. The highest BCUT2D eigenvalue weighted by Gasteiger charge is 2.11. The topological polar surface area (TPSA) is 45.2 Å². The van der Waals surface area contributed by atoms with Crippen LogP contribution in [0.2, 0.25) is 0 Å². The van der Waals surface area contributed by atoms with Crippen molar-refractivity contribution in [1.29, 1.82) is 0 Å². The minimum Gasteiger partial charge on any atom is -0.326 e. The number of anilines is 1. The Morgan fingerprint density at radius 1 is 1.04 bits per heavy atom. The second-order valence-corrected chi connectivity index (χ2v) is 6.44. The number of aromatic nitrogens is 1. The van der Waals surface area contributed by atoms with E-state index < -0.39 is 0 Å². The van der Waals surface area contributed by atoms with Crippen LogP contribution >= 0.6 is 0 Å². The summed E-state index contributed by atoms with van der Waals surface area (Å²) >= 11 is 0. The predicted octanol–water partition coefficient (Wildman–Crippen LogP) is 3.64. The lowest BCUT2D eigenvalue weighted by atomic mass is 10.1. The summed E-state index contributed by atoms with van der Waals surface area (Å²) in [6, 6.07) is 12.1. The van der Waals surface area contributed by atoms with Gasteiger partial charge in [0, 0.05) is 31.0 Å². The number of likely N-dealkylation sites (tertiary alicyclic amines) is 1. The van der Waals surface area contributed by atoms with Gasteiger partial charge in [-0.3, -0.25) is 14.7 Å². The first-order valence-electron chi connectivity index (χ1n) is 8.80. The van der Waals surface area contributed by atoms with Crippen molar-refractivity contribution >= 4 is 11.6 Å². The number of nitrogens with zero attached hydrogens (tertiary/aromatic N) is 2. The molecule has 1 aliphatic heterocycles. The van der Waals surface area contributed by atoms with Gasteiger partial charge >= 0.3 is 0 Å². The van der Waals surface area contributed by atoms with Crippen LogP contribution in [0.15, 0.2) is 48.8 Å². The molecule has 24 heavy (non-hydrogen) atoms. The SMILES string of the molecule is O=C(CCc1ccncc1)Nc1cccc(CN2CCCCC2)c1. The monoisotopic (exact) mass is 323 g/mol. The van der Waals surface area contributed by atoms with Crippen molar-refractivity contribution in [3.05, 3.63) is 59.9 Å². The normalized spacial score (nSPS) is 15.2. The van der Waals surface area contributed by atoms with Gasteiger partial charge < -0.3 is 5.32 Å². The van der Waals surface area contributed by atoms with Crippen molar-refractivity contribution in [2.75, 3.05) is 18.4 Å². The fourth-order valence-corrected chi connectivity index (χ4v) is 3.15. The summed E-state index contributed by atoms with van der Waals surface area (Å²) in [6.07, 6.45) is 8.69. The van der Waals surface area contributed by atoms with Gasteiger partial charge in [0.15, 0.2) is 0 Å². The van der Waals surface area contributed by atoms with Crippen molar-refractivity contribution in [1.82, 2.24) is 9.88 Å². The van der Waals surface area contributed by atoms with Gasteiger partial charge in [0.1, 0.15) is 0 Å². The summed E-state index contributed by atoms with van der Waals surface area (Å²) in [5.74, 6) is 0.0573. The second-order valence-electron chi connectivity index (χ2n) is 6.44. The lowest BCUT2D eigenvalue weighted by Gasteiger charge is -2.26. The smallest absolute Gasteiger partial charge is 0.224 e. The number of aryl methyl sites for hydroxylation is 1. The third-order valence-electron chi connectivity index (χ3n) is 4.46. The molecule has 2 aromatic rings. The number of carbonyl (C=O) groups is 1. The molecular formula is C20H25N3O. The number of nitrogens with one attached hydrogen (secondary N) is 1. The highest BCUT2D eigenvalue weighted by atomic mass is 16.1. The number of pyridine rings is 1. The molecule has 0 radical (unpaired) electrons. The molecule has 1 N–H and O–H groups in total. The molecule has 1 fully saturated rings. The zero-order valence-corrected chi connectivity index (χ0v) is 14.1. The highest BCUT2D eigenvalue weighted by Crippen LogP contribution is 2.16. The van der Waals surface area contributed by atoms with Crippen LogP contribution in [0.3, 0.4) is 0 Å². The zero-order chi connectivity index (χ0) is 16.6. The molecule has 0 aliphatic carbocycles. The molecule has 0 unspecified atom stereocenters. The average Bonchev–Trinajstić information content (AvgIpc) is 2.62. The third kappa shape index (κ3) is 5.17. The summed E-state index contributed by atoms with van der Waals surface area (Å²) in [5, 5.41) is 3.02. The van der Waals surface area contributed by atoms with E-state index in [0.29, 0.717) is 6.42 Å². The van der Waals surface area contributed by atoms with Crippen LogP contribution in [-0.4, -0.2) is 28.9 Å². The molecule has 0 bridgehead atoms. The van der Waals surface area contributed by atoms with E-state index in [9.17, 15) is 4.79 Å². The van der Waals surface area contributed by atoms with Gasteiger partial charge in [0.25, 0.3) is 0 Å². The van der Waals surface area contributed by atoms with Crippen LogP contribution in [-0.2, 0) is 17.8 Å². The van der Waals surface area contributed by atoms with Crippen LogP contribution in [0.4, 0.5) is 5.69 Å². The molecule has 1 aliphatic rings. The van der Waals surface area contributed by atoms with Gasteiger partial charge in [0.05, 0.1) is 0 Å². The van der Waals surface area contributed by atoms with E-state index in [2.05, 4.69) is 27.3 Å². The maximum Gasteiger partial charge on any atom is 0.224 e. The third-order valence-corrected chi connectivity index (χ3v) is 4.46. The average molecular weight is 323 g/mol. The van der Waals surface area contributed by atoms with E-state index >= 15 is 0 Å². The molecule has 1 saturated heterocycles. The first kappa shape index (κ1) is 16.7. The number of carbonyl (C=O) groups excluding carboxylic acids is 1. The molecule has 0 saturated carbocycles. The van der Waals surface area contributed by atoms with Gasteiger partial charge in [-0.05, 0) is 67.7 Å². The van der Waals surface area contributed by atoms with Crippen LogP contribution in [0.25, 0.3) is 0 Å². The number of benzene rings is 1. The summed E-state index contributed by atoms with van der Waals surface area (Å²) in [6.45, 7) is 3.34. The van der Waals surface area contributed by atoms with E-state index in [1.807, 2.05) is 24.3 Å². The predicted molar refractivity (Wildman–Crippen MR) is 96.8 cm³/mol. The molecule has 1 amide bonds. The molecule has 126 valence electrons. The van der Waals surface area contributed by atoms with E-state index in [1.165, 1.54) is 37.9 Å². The molecular weight excluding hydrogens is 298 g/mol. The summed E-state index contributed by atoms with van der Waals surface area (Å²) in [5.41, 5.74) is 3.30. The van der Waals surface area contributed by atoms with Gasteiger partial charge in [0.2, 0.25) is 5.91 Å². The second kappa shape index (κ2) is 8.60. The first-order chi connectivity index (χ1) is 11.8. The fourth-order valence-electron chi connectivity index (χ4n) is 3.15. The summed E-state index contributed by atoms with van der Waals surface area (Å²) in [7, 11) is 0. The van der Waals surface area contributed by atoms with Crippen molar-refractivity contribution in [2.24, 2.45) is 0 Å². The van der Waals surface area contributed by atoms with Gasteiger partial charge in [-0.2, -0.15) is 0 Å². The van der Waals surface area contributed by atoms with Crippen LogP contribution in [0.1, 0.15) is 36.8 Å². The van der Waals surface area contributed by atoms with E-state index in [1.54, 1.807) is 12.4 Å². The Balaban J connectivity index is 1.51. The largest absolute Gasteiger partial charge is 0.326 e. The summed E-state index contributed by atoms with van der Waals surface area (Å²) < 4.78 is 0. The molecule has 1 aromatic heterocycles. The quantitative estimate of drug-likeness (QED) is 0.883. The maximum atomic E-state index is 12.1. The van der Waals surface area contributed by atoms with E-state index in [0.717, 1.165) is 24.2 Å². The van der Waals surface area contributed by atoms with Crippen molar-refractivity contribution < 1.29 is 4.79 Å². The number of piperidine rings is 1. The molecule has 1 aromatic carbocycles. The number of rotatable bonds is 6. The van der Waals surface area contributed by atoms with E-state index in [4.69, 9.17) is 0 Å². The van der Waals surface area contributed by atoms with Crippen LogP contribution in [0, 0.1) is 0 Å². The Labute approximate surface area is 143 Å². The van der Waals surface area contributed by atoms with Crippen molar-refractivity contribution in [2.45, 2.75) is 38.6 Å². The Morgan fingerprint density at radius 2 is 1.83 bits per heavy atom. The molecule has 0 atom stereocenters. The van der Waals surface area contributed by atoms with Crippen molar-refractivity contribution in [3.63, 3.8) is 0 Å².